The number of likely N-dealkylation sites (N-methyl/N-ethyl adjacent to an activating group) is 1. The Kier molecular flexibility index (Phi) is 17.4. The van der Waals surface area contributed by atoms with Gasteiger partial charge >= 0.3 is 0 Å². The molecule has 2 rings (SSSR count). The third-order valence-electron chi connectivity index (χ3n) is 5.59. The Labute approximate surface area is 218 Å². The van der Waals surface area contributed by atoms with Crippen molar-refractivity contribution in [2.45, 2.75) is 58.5 Å². The first-order valence-corrected chi connectivity index (χ1v) is 12.3. The lowest BCUT2D eigenvalue weighted by Crippen LogP contribution is -2.38. The van der Waals surface area contributed by atoms with Crippen molar-refractivity contribution in [2.75, 3.05) is 59.7 Å². The van der Waals surface area contributed by atoms with Crippen molar-refractivity contribution >= 4 is 29.9 Å². The van der Waals surface area contributed by atoms with Crippen LogP contribution in [0.15, 0.2) is 29.3 Å². The van der Waals surface area contributed by atoms with Gasteiger partial charge in [0.05, 0.1) is 6.54 Å². The summed E-state index contributed by atoms with van der Waals surface area (Å²) in [6.45, 7) is 11.5. The van der Waals surface area contributed by atoms with Crippen LogP contribution in [0.1, 0.15) is 51.5 Å². The highest BCUT2D eigenvalue weighted by molar-refractivity contribution is 14.0. The molecule has 1 fully saturated rings. The van der Waals surface area contributed by atoms with E-state index in [0.29, 0.717) is 19.2 Å². The molecule has 33 heavy (non-hydrogen) atoms. The number of benzene rings is 1. The third kappa shape index (κ3) is 13.4. The van der Waals surface area contributed by atoms with Crippen molar-refractivity contribution in [3.8, 4) is 5.75 Å². The van der Waals surface area contributed by atoms with Gasteiger partial charge in [0.15, 0.2) is 5.96 Å². The van der Waals surface area contributed by atoms with Crippen molar-refractivity contribution in [1.82, 2.24) is 15.5 Å². The van der Waals surface area contributed by atoms with E-state index in [1.54, 1.807) is 0 Å². The molecule has 0 amide bonds. The summed E-state index contributed by atoms with van der Waals surface area (Å²) in [5, 5.41) is 6.70. The van der Waals surface area contributed by atoms with Crippen LogP contribution < -0.4 is 15.4 Å². The molecule has 7 nitrogen and oxygen atoms in total. The van der Waals surface area contributed by atoms with Crippen LogP contribution in [0.5, 0.6) is 5.75 Å². The summed E-state index contributed by atoms with van der Waals surface area (Å²) in [5.74, 6) is 1.74. The van der Waals surface area contributed by atoms with Crippen molar-refractivity contribution in [1.29, 1.82) is 0 Å². The van der Waals surface area contributed by atoms with Crippen LogP contribution in [0, 0.1) is 0 Å². The Balaban J connectivity index is 0.00000544. The van der Waals surface area contributed by atoms with E-state index in [0.717, 1.165) is 89.0 Å². The van der Waals surface area contributed by atoms with Crippen LogP contribution in [0.25, 0.3) is 0 Å². The van der Waals surface area contributed by atoms with Gasteiger partial charge in [0, 0.05) is 52.1 Å². The van der Waals surface area contributed by atoms with E-state index in [1.807, 2.05) is 12.1 Å². The van der Waals surface area contributed by atoms with Crippen LogP contribution in [-0.4, -0.2) is 76.6 Å². The van der Waals surface area contributed by atoms with Crippen molar-refractivity contribution < 1.29 is 14.2 Å². The molecule has 0 atom stereocenters. The van der Waals surface area contributed by atoms with Gasteiger partial charge in [-0.25, -0.2) is 4.99 Å². The van der Waals surface area contributed by atoms with Crippen LogP contribution in [0.3, 0.4) is 0 Å². The monoisotopic (exact) mass is 576 g/mol. The van der Waals surface area contributed by atoms with Gasteiger partial charge < -0.3 is 24.8 Å². The molecule has 1 aliphatic heterocycles. The predicted molar refractivity (Wildman–Crippen MR) is 147 cm³/mol. The topological polar surface area (TPSA) is 67.3 Å². The number of aliphatic imine (C=N–C) groups is 1. The second-order valence-electron chi connectivity index (χ2n) is 8.26. The van der Waals surface area contributed by atoms with E-state index in [-0.39, 0.29) is 24.0 Å². The first-order valence-electron chi connectivity index (χ1n) is 12.3. The van der Waals surface area contributed by atoms with E-state index in [2.05, 4.69) is 48.6 Å². The number of nitrogens with one attached hydrogen (secondary N) is 2. The lowest BCUT2D eigenvalue weighted by Gasteiger charge is -2.31. The largest absolute Gasteiger partial charge is 0.492 e. The number of nitrogens with zero attached hydrogens (tertiary/aromatic N) is 2. The lowest BCUT2D eigenvalue weighted by molar-refractivity contribution is 0.0392. The minimum absolute atomic E-state index is 0. The molecule has 0 bridgehead atoms. The Morgan fingerprint density at radius 1 is 1.12 bits per heavy atom. The molecule has 1 aromatic carbocycles. The normalized spacial score (nSPS) is 14.7. The van der Waals surface area contributed by atoms with E-state index in [9.17, 15) is 0 Å². The van der Waals surface area contributed by atoms with Gasteiger partial charge in [0.2, 0.25) is 0 Å². The van der Waals surface area contributed by atoms with E-state index < -0.39 is 0 Å². The molecular weight excluding hydrogens is 531 g/mol. The Morgan fingerprint density at radius 2 is 1.91 bits per heavy atom. The van der Waals surface area contributed by atoms with E-state index in [4.69, 9.17) is 19.2 Å². The molecule has 1 saturated heterocycles. The third-order valence-corrected chi connectivity index (χ3v) is 5.59. The van der Waals surface area contributed by atoms with E-state index >= 15 is 0 Å². The summed E-state index contributed by atoms with van der Waals surface area (Å²) >= 11 is 0. The molecule has 0 aromatic heterocycles. The zero-order valence-electron chi connectivity index (χ0n) is 20.8. The highest BCUT2D eigenvalue weighted by Gasteiger charge is 2.17. The van der Waals surface area contributed by atoms with Crippen LogP contribution in [-0.2, 0) is 16.0 Å². The number of ether oxygens (including phenoxy) is 3. The number of guanidine groups is 1. The predicted octanol–water partition coefficient (Wildman–Crippen LogP) is 4.06. The van der Waals surface area contributed by atoms with Gasteiger partial charge in [-0.1, -0.05) is 25.5 Å². The second kappa shape index (κ2) is 19.2. The second-order valence-corrected chi connectivity index (χ2v) is 8.26. The summed E-state index contributed by atoms with van der Waals surface area (Å²) in [7, 11) is 2.18. The van der Waals surface area contributed by atoms with Crippen molar-refractivity contribution in [2.24, 2.45) is 4.99 Å². The Hall–Kier alpha value is -1.10. The Morgan fingerprint density at radius 3 is 2.67 bits per heavy atom. The summed E-state index contributed by atoms with van der Waals surface area (Å²) in [6, 6.07) is 8.84. The zero-order chi connectivity index (χ0) is 22.9. The standard InChI is InChI=1S/C25H44N4O3.HI/c1-4-6-15-30-16-8-13-27-25(26-5-2)28-21-22-9-7-10-24(20-22)32-19-14-29(3)23-11-17-31-18-12-23;/h7,9-10,20,23H,4-6,8,11-19,21H2,1-3H3,(H2,26,27,28);1H. The fourth-order valence-electron chi connectivity index (χ4n) is 3.59. The molecule has 2 N–H and O–H groups in total. The van der Waals surface area contributed by atoms with Gasteiger partial charge in [0.25, 0.3) is 0 Å². The Bertz CT molecular complexity index is 642. The first kappa shape index (κ1) is 29.9. The molecule has 1 aliphatic rings. The summed E-state index contributed by atoms with van der Waals surface area (Å²) in [6.07, 6.45) is 5.50. The van der Waals surface area contributed by atoms with Gasteiger partial charge in [-0.3, -0.25) is 4.90 Å². The fraction of sp³-hybridized carbons (Fsp3) is 0.720. The summed E-state index contributed by atoms with van der Waals surface area (Å²) in [4.78, 5) is 7.11. The highest BCUT2D eigenvalue weighted by Crippen LogP contribution is 2.15. The maximum atomic E-state index is 6.02. The van der Waals surface area contributed by atoms with Gasteiger partial charge in [-0.05, 0) is 57.4 Å². The minimum Gasteiger partial charge on any atom is -0.492 e. The number of halogens is 1. The molecule has 0 spiro atoms. The lowest BCUT2D eigenvalue weighted by atomic mass is 10.1. The molecule has 0 radical (unpaired) electrons. The molecule has 8 heteroatoms. The molecular formula is C25H45IN4O3. The fourth-order valence-corrected chi connectivity index (χ4v) is 3.59. The molecule has 1 heterocycles. The van der Waals surface area contributed by atoms with E-state index in [1.165, 1.54) is 6.42 Å². The number of hydrogen-bond donors (Lipinski definition) is 2. The van der Waals surface area contributed by atoms with Crippen LogP contribution in [0.4, 0.5) is 0 Å². The van der Waals surface area contributed by atoms with Crippen molar-refractivity contribution in [3.63, 3.8) is 0 Å². The smallest absolute Gasteiger partial charge is 0.191 e. The molecule has 0 unspecified atom stereocenters. The maximum absolute atomic E-state index is 6.02. The number of unbranched alkanes of at least 4 members (excludes halogenated alkanes) is 1. The van der Waals surface area contributed by atoms with Gasteiger partial charge in [-0.2, -0.15) is 0 Å². The molecule has 0 saturated carbocycles. The maximum Gasteiger partial charge on any atom is 0.191 e. The molecule has 190 valence electrons. The first-order chi connectivity index (χ1) is 15.7. The van der Waals surface area contributed by atoms with Gasteiger partial charge in [0.1, 0.15) is 12.4 Å². The average molecular weight is 577 g/mol. The SMILES string of the molecule is CCCCOCCCNC(=NCc1cccc(OCCN(C)C2CCOCC2)c1)NCC.I. The van der Waals surface area contributed by atoms with Crippen molar-refractivity contribution in [3.05, 3.63) is 29.8 Å². The molecule has 0 aliphatic carbocycles. The minimum atomic E-state index is 0. The molecule has 1 aromatic rings. The highest BCUT2D eigenvalue weighted by atomic mass is 127. The summed E-state index contributed by atoms with van der Waals surface area (Å²) in [5.41, 5.74) is 1.14. The summed E-state index contributed by atoms with van der Waals surface area (Å²) < 4.78 is 17.1. The number of hydrogen-bond acceptors (Lipinski definition) is 5. The zero-order valence-corrected chi connectivity index (χ0v) is 23.1. The quantitative estimate of drug-likeness (QED) is 0.142. The number of rotatable bonds is 15. The average Bonchev–Trinajstić information content (AvgIpc) is 2.82. The van der Waals surface area contributed by atoms with Crippen LogP contribution in [0.2, 0.25) is 0 Å². The van der Waals surface area contributed by atoms with Crippen LogP contribution >= 0.6 is 24.0 Å². The van der Waals surface area contributed by atoms with Gasteiger partial charge in [-0.15, -0.1) is 24.0 Å².